The van der Waals surface area contributed by atoms with Crippen LogP contribution in [0.5, 0.6) is 5.75 Å². The average molecular weight is 486 g/mol. The maximum Gasteiger partial charge on any atom is 0.229 e. The van der Waals surface area contributed by atoms with Crippen molar-refractivity contribution in [2.45, 2.75) is 6.61 Å². The maximum absolute atomic E-state index is 13.4. The van der Waals surface area contributed by atoms with Crippen molar-refractivity contribution in [3.05, 3.63) is 95.8 Å². The summed E-state index contributed by atoms with van der Waals surface area (Å²) in [6, 6.07) is 17.5. The summed E-state index contributed by atoms with van der Waals surface area (Å²) in [5.74, 6) is 0.577. The van der Waals surface area contributed by atoms with Crippen LogP contribution < -0.4 is 10.1 Å². The highest BCUT2D eigenvalue weighted by Crippen LogP contribution is 2.30. The van der Waals surface area contributed by atoms with Crippen LogP contribution in [0.3, 0.4) is 0 Å². The Morgan fingerprint density at radius 1 is 1.03 bits per heavy atom. The predicted molar refractivity (Wildman–Crippen MR) is 132 cm³/mol. The highest BCUT2D eigenvalue weighted by atomic mass is 35.5. The summed E-state index contributed by atoms with van der Waals surface area (Å²) in [4.78, 5) is 13.4. The van der Waals surface area contributed by atoms with Crippen LogP contribution in [0.2, 0.25) is 5.02 Å². The number of imidazole rings is 1. The van der Waals surface area contributed by atoms with Crippen LogP contribution in [-0.4, -0.2) is 29.7 Å². The molecule has 0 radical (unpaired) electrons. The Kier molecular flexibility index (Phi) is 5.23. The van der Waals surface area contributed by atoms with E-state index < -0.39 is 0 Å². The molecule has 2 N–H and O–H groups in total. The average Bonchev–Trinajstić information content (AvgIpc) is 3.50. The zero-order valence-corrected chi connectivity index (χ0v) is 18.9. The summed E-state index contributed by atoms with van der Waals surface area (Å²) >= 11 is 6.41. The standard InChI is InChI=1S/C25H17ClFN7O/c26-20-9-18(5-7-23(20)35-13-15-2-1-3-17(27)8-15)31-25-28-12-22-24(32-25)34(14-29-22)19-6-4-16-11-30-33-21(16)10-19/h1-12,14H,13H2,(H,30,33)(H,28,31,32). The van der Waals surface area contributed by atoms with Gasteiger partial charge in [0.1, 0.15) is 30.0 Å². The fourth-order valence-electron chi connectivity index (χ4n) is 3.75. The molecule has 0 aliphatic carbocycles. The van der Waals surface area contributed by atoms with Gasteiger partial charge in [-0.3, -0.25) is 9.67 Å². The lowest BCUT2D eigenvalue weighted by atomic mass is 10.2. The molecule has 6 rings (SSSR count). The number of aromatic amines is 1. The SMILES string of the molecule is Fc1cccc(COc2ccc(Nc3ncc4ncn(-c5ccc6cn[nH]c6c5)c4n3)cc2Cl)c1. The molecule has 0 fully saturated rings. The van der Waals surface area contributed by atoms with Gasteiger partial charge in [0.15, 0.2) is 5.65 Å². The molecule has 3 heterocycles. The normalized spacial score (nSPS) is 11.3. The lowest BCUT2D eigenvalue weighted by Gasteiger charge is -2.11. The summed E-state index contributed by atoms with van der Waals surface area (Å²) in [5, 5.41) is 11.6. The van der Waals surface area contributed by atoms with Crippen molar-refractivity contribution in [2.75, 3.05) is 5.32 Å². The molecule has 0 aliphatic rings. The van der Waals surface area contributed by atoms with E-state index in [2.05, 4.69) is 30.5 Å². The number of anilines is 2. The largest absolute Gasteiger partial charge is 0.487 e. The van der Waals surface area contributed by atoms with Gasteiger partial charge in [-0.2, -0.15) is 10.1 Å². The smallest absolute Gasteiger partial charge is 0.229 e. The van der Waals surface area contributed by atoms with Crippen molar-refractivity contribution >= 4 is 45.3 Å². The minimum absolute atomic E-state index is 0.207. The van der Waals surface area contributed by atoms with Crippen molar-refractivity contribution in [3.63, 3.8) is 0 Å². The second-order valence-corrected chi connectivity index (χ2v) is 8.25. The molecule has 6 aromatic rings. The van der Waals surface area contributed by atoms with E-state index in [0.717, 1.165) is 16.6 Å². The molecule has 3 aromatic carbocycles. The number of benzene rings is 3. The summed E-state index contributed by atoms with van der Waals surface area (Å²) in [6.45, 7) is 0.207. The Bertz CT molecular complexity index is 1680. The van der Waals surface area contributed by atoms with Gasteiger partial charge in [0.2, 0.25) is 5.95 Å². The third-order valence-electron chi connectivity index (χ3n) is 5.47. The van der Waals surface area contributed by atoms with Crippen LogP contribution in [0.4, 0.5) is 16.0 Å². The topological polar surface area (TPSA) is 93.5 Å². The molecule has 10 heteroatoms. The Labute approximate surface area is 203 Å². The molecule has 0 saturated heterocycles. The maximum atomic E-state index is 13.4. The zero-order chi connectivity index (χ0) is 23.8. The first kappa shape index (κ1) is 21.1. The van der Waals surface area contributed by atoms with Gasteiger partial charge < -0.3 is 10.1 Å². The highest BCUT2D eigenvalue weighted by Gasteiger charge is 2.11. The van der Waals surface area contributed by atoms with E-state index in [1.807, 2.05) is 28.8 Å². The van der Waals surface area contributed by atoms with Crippen LogP contribution in [-0.2, 0) is 6.61 Å². The molecule has 35 heavy (non-hydrogen) atoms. The quantitative estimate of drug-likeness (QED) is 0.309. The molecule has 0 spiro atoms. The van der Waals surface area contributed by atoms with Crippen LogP contribution in [0, 0.1) is 5.82 Å². The van der Waals surface area contributed by atoms with Crippen LogP contribution in [0.25, 0.3) is 27.8 Å². The van der Waals surface area contributed by atoms with Gasteiger partial charge in [0.25, 0.3) is 0 Å². The number of nitrogens with one attached hydrogen (secondary N) is 2. The molecule has 0 bridgehead atoms. The molecule has 0 amide bonds. The van der Waals surface area contributed by atoms with Gasteiger partial charge in [-0.15, -0.1) is 0 Å². The molecule has 0 aliphatic heterocycles. The van der Waals surface area contributed by atoms with Gasteiger partial charge in [-0.25, -0.2) is 14.4 Å². The number of hydrogen-bond donors (Lipinski definition) is 2. The number of aromatic nitrogens is 6. The number of H-pyrrole nitrogens is 1. The lowest BCUT2D eigenvalue weighted by molar-refractivity contribution is 0.306. The number of nitrogens with zero attached hydrogens (tertiary/aromatic N) is 5. The minimum atomic E-state index is -0.308. The lowest BCUT2D eigenvalue weighted by Crippen LogP contribution is -2.01. The van der Waals surface area contributed by atoms with E-state index in [4.69, 9.17) is 16.3 Å². The van der Waals surface area contributed by atoms with Crippen LogP contribution >= 0.6 is 11.6 Å². The number of hydrogen-bond acceptors (Lipinski definition) is 6. The van der Waals surface area contributed by atoms with Crippen molar-refractivity contribution < 1.29 is 9.13 Å². The molecule has 8 nitrogen and oxygen atoms in total. The summed E-state index contributed by atoms with van der Waals surface area (Å²) in [6.07, 6.45) is 5.15. The second kappa shape index (κ2) is 8.69. The van der Waals surface area contributed by atoms with E-state index >= 15 is 0 Å². The van der Waals surface area contributed by atoms with Crippen molar-refractivity contribution in [1.82, 2.24) is 29.7 Å². The molecular formula is C25H17ClFN7O. The number of ether oxygens (including phenoxy) is 1. The van der Waals surface area contributed by atoms with Crippen LogP contribution in [0.15, 0.2) is 79.4 Å². The Balaban J connectivity index is 1.23. The summed E-state index contributed by atoms with van der Waals surface area (Å²) in [7, 11) is 0. The van der Waals surface area contributed by atoms with E-state index in [-0.39, 0.29) is 12.4 Å². The Hall–Kier alpha value is -4.50. The van der Waals surface area contributed by atoms with Crippen molar-refractivity contribution in [2.24, 2.45) is 0 Å². The van der Waals surface area contributed by atoms with E-state index in [9.17, 15) is 4.39 Å². The number of rotatable bonds is 6. The van der Waals surface area contributed by atoms with Crippen LogP contribution in [0.1, 0.15) is 5.56 Å². The molecule has 0 unspecified atom stereocenters. The fourth-order valence-corrected chi connectivity index (χ4v) is 3.98. The Morgan fingerprint density at radius 3 is 2.86 bits per heavy atom. The van der Waals surface area contributed by atoms with Crippen molar-refractivity contribution in [3.8, 4) is 11.4 Å². The molecule has 3 aromatic heterocycles. The molecular weight excluding hydrogens is 469 g/mol. The van der Waals surface area contributed by atoms with Gasteiger partial charge in [-0.05, 0) is 54.1 Å². The first-order valence-electron chi connectivity index (χ1n) is 10.7. The van der Waals surface area contributed by atoms with E-state index in [1.165, 1.54) is 12.1 Å². The monoisotopic (exact) mass is 485 g/mol. The zero-order valence-electron chi connectivity index (χ0n) is 18.1. The second-order valence-electron chi connectivity index (χ2n) is 7.85. The molecule has 172 valence electrons. The molecule has 0 saturated carbocycles. The Morgan fingerprint density at radius 2 is 1.97 bits per heavy atom. The van der Waals surface area contributed by atoms with E-state index in [0.29, 0.717) is 39.1 Å². The number of fused-ring (bicyclic) bond motifs is 2. The van der Waals surface area contributed by atoms with E-state index in [1.54, 1.807) is 43.0 Å². The minimum Gasteiger partial charge on any atom is -0.487 e. The first-order valence-corrected chi connectivity index (χ1v) is 11.1. The highest BCUT2D eigenvalue weighted by molar-refractivity contribution is 6.32. The van der Waals surface area contributed by atoms with Gasteiger partial charge in [-0.1, -0.05) is 23.7 Å². The van der Waals surface area contributed by atoms with Gasteiger partial charge in [0, 0.05) is 11.1 Å². The van der Waals surface area contributed by atoms with Gasteiger partial charge in [0.05, 0.1) is 28.6 Å². The third kappa shape index (κ3) is 4.24. The van der Waals surface area contributed by atoms with Crippen molar-refractivity contribution in [1.29, 1.82) is 0 Å². The predicted octanol–water partition coefficient (Wildman–Crippen LogP) is 5.81. The fraction of sp³-hybridized carbons (Fsp3) is 0.0400. The van der Waals surface area contributed by atoms with Gasteiger partial charge >= 0.3 is 0 Å². The third-order valence-corrected chi connectivity index (χ3v) is 5.76. The summed E-state index contributed by atoms with van der Waals surface area (Å²) in [5.41, 5.74) is 4.55. The summed E-state index contributed by atoms with van der Waals surface area (Å²) < 4.78 is 21.0. The molecule has 0 atom stereocenters. The number of halogens is 2. The first-order chi connectivity index (χ1) is 17.1.